The molecule has 0 bridgehead atoms. The number of anilines is 1. The van der Waals surface area contributed by atoms with Crippen LogP contribution in [0.3, 0.4) is 0 Å². The minimum atomic E-state index is 0.0275. The van der Waals surface area contributed by atoms with Crippen LogP contribution in [0, 0.1) is 24.2 Å². The molecule has 1 aliphatic carbocycles. The Labute approximate surface area is 152 Å². The molecule has 2 saturated heterocycles. The summed E-state index contributed by atoms with van der Waals surface area (Å²) >= 11 is 0. The fourth-order valence-corrected chi connectivity index (χ4v) is 4.62. The predicted molar refractivity (Wildman–Crippen MR) is 95.7 cm³/mol. The number of oxazole rings is 1. The monoisotopic (exact) mass is 356 g/mol. The summed E-state index contributed by atoms with van der Waals surface area (Å²) < 4.78 is 5.83. The van der Waals surface area contributed by atoms with Crippen LogP contribution in [-0.2, 0) is 4.79 Å². The van der Waals surface area contributed by atoms with Gasteiger partial charge in [-0.2, -0.15) is 4.98 Å². The molecule has 0 unspecified atom stereocenters. The molecule has 5 rings (SSSR count). The van der Waals surface area contributed by atoms with E-state index in [1.807, 2.05) is 24.0 Å². The van der Waals surface area contributed by atoms with Crippen molar-refractivity contribution in [3.63, 3.8) is 0 Å². The third-order valence-electron chi connectivity index (χ3n) is 6.43. The highest BCUT2D eigenvalue weighted by Crippen LogP contribution is 2.57. The zero-order valence-electron chi connectivity index (χ0n) is 15.0. The molecular formula is C19H24N4O3. The number of aryl methyl sites for hydroxylation is 1. The van der Waals surface area contributed by atoms with E-state index in [9.17, 15) is 9.90 Å². The van der Waals surface area contributed by atoms with Gasteiger partial charge in [0.25, 0.3) is 6.01 Å². The second kappa shape index (κ2) is 5.67. The van der Waals surface area contributed by atoms with Crippen molar-refractivity contribution in [1.29, 1.82) is 0 Å². The molecule has 2 aromatic rings. The van der Waals surface area contributed by atoms with Gasteiger partial charge in [-0.3, -0.25) is 4.79 Å². The fraction of sp³-hybridized carbons (Fsp3) is 0.632. The van der Waals surface area contributed by atoms with Crippen LogP contribution in [0.5, 0.6) is 0 Å². The lowest BCUT2D eigenvalue weighted by Gasteiger charge is -2.33. The summed E-state index contributed by atoms with van der Waals surface area (Å²) in [5.74, 6) is 0.857. The number of aliphatic hydroxyl groups excluding tert-OH is 1. The molecular weight excluding hydrogens is 332 g/mol. The van der Waals surface area contributed by atoms with E-state index in [4.69, 9.17) is 4.42 Å². The molecule has 26 heavy (non-hydrogen) atoms. The van der Waals surface area contributed by atoms with Crippen LogP contribution in [0.15, 0.2) is 16.5 Å². The molecule has 1 N–H and O–H groups in total. The van der Waals surface area contributed by atoms with E-state index < -0.39 is 0 Å². The zero-order valence-corrected chi connectivity index (χ0v) is 15.0. The molecule has 3 fully saturated rings. The Bertz CT molecular complexity index is 854. The first-order valence-corrected chi connectivity index (χ1v) is 9.47. The third-order valence-corrected chi connectivity index (χ3v) is 6.43. The highest BCUT2D eigenvalue weighted by Gasteiger charge is 2.60. The van der Waals surface area contributed by atoms with Gasteiger partial charge in [-0.25, -0.2) is 4.98 Å². The second-order valence-corrected chi connectivity index (χ2v) is 8.17. The Morgan fingerprint density at radius 3 is 2.88 bits per heavy atom. The Hall–Kier alpha value is -2.15. The van der Waals surface area contributed by atoms with E-state index in [2.05, 4.69) is 14.9 Å². The fourth-order valence-electron chi connectivity index (χ4n) is 4.62. The summed E-state index contributed by atoms with van der Waals surface area (Å²) in [5.41, 5.74) is 2.30. The first kappa shape index (κ1) is 16.1. The number of carbonyl (C=O) groups excluding carboxylic acids is 1. The summed E-state index contributed by atoms with van der Waals surface area (Å²) in [6.07, 6.45) is 2.71. The summed E-state index contributed by atoms with van der Waals surface area (Å²) in [7, 11) is 0. The first-order chi connectivity index (χ1) is 12.6. The van der Waals surface area contributed by atoms with Crippen LogP contribution < -0.4 is 4.90 Å². The maximum absolute atomic E-state index is 12.8. The molecule has 1 saturated carbocycles. The van der Waals surface area contributed by atoms with Gasteiger partial charge in [-0.05, 0) is 44.2 Å². The zero-order chi connectivity index (χ0) is 17.9. The molecule has 7 nitrogen and oxygen atoms in total. The maximum atomic E-state index is 12.8. The predicted octanol–water partition coefficient (Wildman–Crippen LogP) is 1.59. The number of likely N-dealkylation sites (tertiary alicyclic amines) is 1. The van der Waals surface area contributed by atoms with Crippen LogP contribution >= 0.6 is 0 Å². The molecule has 4 heterocycles. The molecule has 2 aliphatic heterocycles. The van der Waals surface area contributed by atoms with Crippen molar-refractivity contribution in [2.45, 2.75) is 26.2 Å². The number of nitrogens with zero attached hydrogens (tertiary/aromatic N) is 4. The minimum Gasteiger partial charge on any atom is -0.422 e. The van der Waals surface area contributed by atoms with Crippen molar-refractivity contribution < 1.29 is 14.3 Å². The Morgan fingerprint density at radius 2 is 2.15 bits per heavy atom. The van der Waals surface area contributed by atoms with Crippen LogP contribution in [0.25, 0.3) is 11.2 Å². The van der Waals surface area contributed by atoms with E-state index in [1.165, 1.54) is 0 Å². The van der Waals surface area contributed by atoms with Gasteiger partial charge in [0.15, 0.2) is 5.58 Å². The van der Waals surface area contributed by atoms with Crippen molar-refractivity contribution in [2.24, 2.45) is 17.3 Å². The number of fused-ring (bicyclic) bond motifs is 2. The van der Waals surface area contributed by atoms with Crippen LogP contribution in [0.1, 0.15) is 25.0 Å². The number of piperidine rings is 2. The van der Waals surface area contributed by atoms with Gasteiger partial charge < -0.3 is 19.3 Å². The second-order valence-electron chi connectivity index (χ2n) is 8.17. The van der Waals surface area contributed by atoms with Gasteiger partial charge in [-0.15, -0.1) is 0 Å². The van der Waals surface area contributed by atoms with Crippen molar-refractivity contribution in [2.75, 3.05) is 37.7 Å². The largest absolute Gasteiger partial charge is 0.422 e. The van der Waals surface area contributed by atoms with Crippen molar-refractivity contribution in [3.8, 4) is 0 Å². The van der Waals surface area contributed by atoms with Crippen molar-refractivity contribution in [3.05, 3.63) is 17.8 Å². The van der Waals surface area contributed by atoms with Gasteiger partial charge in [0.1, 0.15) is 0 Å². The number of aliphatic hydroxyl groups is 1. The Balaban J connectivity index is 1.22. The topological polar surface area (TPSA) is 82.7 Å². The Morgan fingerprint density at radius 1 is 1.35 bits per heavy atom. The van der Waals surface area contributed by atoms with E-state index in [1.54, 1.807) is 0 Å². The van der Waals surface area contributed by atoms with Crippen LogP contribution in [0.2, 0.25) is 0 Å². The first-order valence-electron chi connectivity index (χ1n) is 9.47. The van der Waals surface area contributed by atoms with Gasteiger partial charge in [-0.1, -0.05) is 0 Å². The lowest BCUT2D eigenvalue weighted by Crippen LogP contribution is -2.43. The molecule has 0 radical (unpaired) electrons. The lowest BCUT2D eigenvalue weighted by atomic mass is 9.95. The molecule has 2 aromatic heterocycles. The highest BCUT2D eigenvalue weighted by molar-refractivity contribution is 5.80. The minimum absolute atomic E-state index is 0.0275. The highest BCUT2D eigenvalue weighted by atomic mass is 16.4. The average Bonchev–Trinajstić information content (AvgIpc) is 3.02. The lowest BCUT2D eigenvalue weighted by molar-refractivity contribution is -0.136. The number of rotatable bonds is 3. The Kier molecular flexibility index (Phi) is 3.50. The molecule has 0 aromatic carbocycles. The summed E-state index contributed by atoms with van der Waals surface area (Å²) in [4.78, 5) is 25.8. The van der Waals surface area contributed by atoms with Crippen LogP contribution in [0.4, 0.5) is 6.01 Å². The molecule has 3 aliphatic rings. The summed E-state index contributed by atoms with van der Waals surface area (Å²) in [6, 6.07) is 4.42. The number of carbonyl (C=O) groups is 1. The molecule has 7 heteroatoms. The molecule has 2 atom stereocenters. The van der Waals surface area contributed by atoms with E-state index >= 15 is 0 Å². The average molecular weight is 356 g/mol. The van der Waals surface area contributed by atoms with E-state index in [-0.39, 0.29) is 23.8 Å². The van der Waals surface area contributed by atoms with Crippen LogP contribution in [-0.4, -0.2) is 58.7 Å². The SMILES string of the molecule is Cc1ccc2oc(N3CCC(C(=O)N4C[C@H]5C[C@@]5(CO)C4)CC3)nc2n1. The molecule has 138 valence electrons. The number of aromatic nitrogens is 2. The molecule has 0 spiro atoms. The smallest absolute Gasteiger partial charge is 0.299 e. The van der Waals surface area contributed by atoms with Gasteiger partial charge in [0.05, 0.1) is 6.61 Å². The third kappa shape index (κ3) is 2.48. The van der Waals surface area contributed by atoms with Crippen molar-refractivity contribution in [1.82, 2.24) is 14.9 Å². The number of hydrogen-bond acceptors (Lipinski definition) is 6. The number of amides is 1. The van der Waals surface area contributed by atoms with E-state index in [0.717, 1.165) is 51.1 Å². The van der Waals surface area contributed by atoms with Gasteiger partial charge >= 0.3 is 0 Å². The molecule has 1 amide bonds. The quantitative estimate of drug-likeness (QED) is 0.899. The summed E-state index contributed by atoms with van der Waals surface area (Å²) in [5, 5.41) is 9.55. The maximum Gasteiger partial charge on any atom is 0.299 e. The normalized spacial score (nSPS) is 28.6. The number of hydrogen-bond donors (Lipinski definition) is 1. The van der Waals surface area contributed by atoms with E-state index in [0.29, 0.717) is 23.2 Å². The number of pyridine rings is 1. The van der Waals surface area contributed by atoms with Gasteiger partial charge in [0.2, 0.25) is 11.6 Å². The standard InChI is InChI=1S/C19H24N4O3/c1-12-2-3-15-16(20-12)21-18(26-15)22-6-4-13(5-7-22)17(25)23-9-14-8-19(14,10-23)11-24/h2-3,13-14,24H,4-11H2,1H3/t14-,19+/m1/s1. The summed E-state index contributed by atoms with van der Waals surface area (Å²) in [6.45, 7) is 5.26. The van der Waals surface area contributed by atoms with Crippen molar-refractivity contribution >= 4 is 23.2 Å². The van der Waals surface area contributed by atoms with Gasteiger partial charge in [0, 0.05) is 43.2 Å².